The smallest absolute Gasteiger partial charge is 0.313 e. The molecule has 0 saturated heterocycles. The molecular formula is C15H11ClN4O2. The minimum Gasteiger partial charge on any atom is -0.344 e. The molecule has 0 aliphatic rings. The Hall–Kier alpha value is -2.91. The summed E-state index contributed by atoms with van der Waals surface area (Å²) in [6.45, 7) is 0.221. The SMILES string of the molecule is N#Cc1cc(NC(=O)C(=O)NCc2ccncc2)ccc1Cl. The second-order valence-electron chi connectivity index (χ2n) is 4.30. The van der Waals surface area contributed by atoms with Crippen molar-refractivity contribution in [2.75, 3.05) is 5.32 Å². The summed E-state index contributed by atoms with van der Waals surface area (Å²) in [4.78, 5) is 27.3. The Morgan fingerprint density at radius 1 is 1.18 bits per heavy atom. The molecule has 1 aromatic carbocycles. The van der Waals surface area contributed by atoms with Crippen LogP contribution in [-0.4, -0.2) is 16.8 Å². The molecule has 110 valence electrons. The van der Waals surface area contributed by atoms with Crippen molar-refractivity contribution in [2.24, 2.45) is 0 Å². The van der Waals surface area contributed by atoms with Gasteiger partial charge >= 0.3 is 11.8 Å². The number of nitriles is 1. The number of benzene rings is 1. The lowest BCUT2D eigenvalue weighted by Crippen LogP contribution is -2.34. The first-order valence-electron chi connectivity index (χ1n) is 6.28. The van der Waals surface area contributed by atoms with Gasteiger partial charge in [-0.15, -0.1) is 0 Å². The first-order chi connectivity index (χ1) is 10.6. The third kappa shape index (κ3) is 4.04. The molecule has 1 heterocycles. The topological polar surface area (TPSA) is 94.9 Å². The quantitative estimate of drug-likeness (QED) is 0.845. The number of amides is 2. The molecule has 2 rings (SSSR count). The molecular weight excluding hydrogens is 304 g/mol. The molecule has 0 radical (unpaired) electrons. The van der Waals surface area contributed by atoms with Gasteiger partial charge in [-0.25, -0.2) is 0 Å². The number of anilines is 1. The largest absolute Gasteiger partial charge is 0.344 e. The maximum atomic E-state index is 11.8. The Labute approximate surface area is 131 Å². The van der Waals surface area contributed by atoms with Crippen molar-refractivity contribution in [2.45, 2.75) is 6.54 Å². The van der Waals surface area contributed by atoms with E-state index in [0.29, 0.717) is 5.69 Å². The number of nitrogens with zero attached hydrogens (tertiary/aromatic N) is 2. The van der Waals surface area contributed by atoms with E-state index in [0.717, 1.165) is 5.56 Å². The minimum atomic E-state index is -0.819. The zero-order valence-electron chi connectivity index (χ0n) is 11.3. The van der Waals surface area contributed by atoms with E-state index < -0.39 is 11.8 Å². The molecule has 0 unspecified atom stereocenters. The van der Waals surface area contributed by atoms with E-state index in [4.69, 9.17) is 16.9 Å². The normalized spacial score (nSPS) is 9.64. The molecule has 0 aliphatic heterocycles. The number of carbonyl (C=O) groups excluding carboxylic acids is 2. The highest BCUT2D eigenvalue weighted by atomic mass is 35.5. The van der Waals surface area contributed by atoms with Gasteiger partial charge in [0.25, 0.3) is 0 Å². The highest BCUT2D eigenvalue weighted by molar-refractivity contribution is 6.39. The number of hydrogen-bond donors (Lipinski definition) is 2. The van der Waals surface area contributed by atoms with Gasteiger partial charge in [-0.05, 0) is 35.9 Å². The van der Waals surface area contributed by atoms with Crippen LogP contribution in [0.5, 0.6) is 0 Å². The highest BCUT2D eigenvalue weighted by Gasteiger charge is 2.14. The Kier molecular flexibility index (Phi) is 5.07. The lowest BCUT2D eigenvalue weighted by Gasteiger charge is -2.07. The summed E-state index contributed by atoms with van der Waals surface area (Å²) in [6, 6.07) is 9.75. The van der Waals surface area contributed by atoms with E-state index in [1.807, 2.05) is 6.07 Å². The average Bonchev–Trinajstić information content (AvgIpc) is 2.55. The lowest BCUT2D eigenvalue weighted by molar-refractivity contribution is -0.136. The predicted molar refractivity (Wildman–Crippen MR) is 80.9 cm³/mol. The van der Waals surface area contributed by atoms with Crippen LogP contribution in [0.4, 0.5) is 5.69 Å². The number of pyridine rings is 1. The van der Waals surface area contributed by atoms with Crippen molar-refractivity contribution in [1.82, 2.24) is 10.3 Å². The molecule has 1 aromatic heterocycles. The molecule has 22 heavy (non-hydrogen) atoms. The fourth-order valence-electron chi connectivity index (χ4n) is 1.64. The molecule has 6 nitrogen and oxygen atoms in total. The zero-order chi connectivity index (χ0) is 15.9. The number of nitrogens with one attached hydrogen (secondary N) is 2. The Morgan fingerprint density at radius 3 is 2.59 bits per heavy atom. The van der Waals surface area contributed by atoms with Gasteiger partial charge in [0.2, 0.25) is 0 Å². The number of carbonyl (C=O) groups is 2. The molecule has 2 aromatic rings. The zero-order valence-corrected chi connectivity index (χ0v) is 12.1. The van der Waals surface area contributed by atoms with Crippen LogP contribution in [0.2, 0.25) is 5.02 Å². The summed E-state index contributed by atoms with van der Waals surface area (Å²) < 4.78 is 0. The van der Waals surface area contributed by atoms with Crippen molar-refractivity contribution in [1.29, 1.82) is 5.26 Å². The van der Waals surface area contributed by atoms with Crippen LogP contribution in [-0.2, 0) is 16.1 Å². The van der Waals surface area contributed by atoms with Crippen molar-refractivity contribution in [3.63, 3.8) is 0 Å². The third-order valence-corrected chi connectivity index (χ3v) is 3.08. The first-order valence-corrected chi connectivity index (χ1v) is 6.65. The molecule has 0 aliphatic carbocycles. The van der Waals surface area contributed by atoms with E-state index in [2.05, 4.69) is 15.6 Å². The molecule has 0 spiro atoms. The third-order valence-electron chi connectivity index (χ3n) is 2.75. The van der Waals surface area contributed by atoms with Crippen molar-refractivity contribution < 1.29 is 9.59 Å². The Balaban J connectivity index is 1.94. The van der Waals surface area contributed by atoms with Gasteiger partial charge in [-0.3, -0.25) is 14.6 Å². The molecule has 0 saturated carbocycles. The summed E-state index contributed by atoms with van der Waals surface area (Å²) in [6.07, 6.45) is 3.19. The fraction of sp³-hybridized carbons (Fsp3) is 0.0667. The van der Waals surface area contributed by atoms with Gasteiger partial charge in [-0.2, -0.15) is 5.26 Å². The maximum absolute atomic E-state index is 11.8. The monoisotopic (exact) mass is 314 g/mol. The standard InChI is InChI=1S/C15H11ClN4O2/c16-13-2-1-12(7-11(13)8-17)20-15(22)14(21)19-9-10-3-5-18-6-4-10/h1-7H,9H2,(H,19,21)(H,20,22). The van der Waals surface area contributed by atoms with E-state index in [-0.39, 0.29) is 17.1 Å². The highest BCUT2D eigenvalue weighted by Crippen LogP contribution is 2.19. The maximum Gasteiger partial charge on any atom is 0.313 e. The second-order valence-corrected chi connectivity index (χ2v) is 4.71. The van der Waals surface area contributed by atoms with Crippen molar-refractivity contribution in [3.05, 3.63) is 58.9 Å². The number of halogens is 1. The summed E-state index contributed by atoms with van der Waals surface area (Å²) in [5.74, 6) is -1.59. The van der Waals surface area contributed by atoms with E-state index >= 15 is 0 Å². The van der Waals surface area contributed by atoms with Crippen LogP contribution in [0.1, 0.15) is 11.1 Å². The predicted octanol–water partition coefficient (Wildman–Crippen LogP) is 1.86. The van der Waals surface area contributed by atoms with Gasteiger partial charge in [-0.1, -0.05) is 11.6 Å². The second kappa shape index (κ2) is 7.20. The molecule has 0 bridgehead atoms. The number of aromatic nitrogens is 1. The van der Waals surface area contributed by atoms with E-state index in [1.54, 1.807) is 24.5 Å². The summed E-state index contributed by atoms with van der Waals surface area (Å²) in [5, 5.41) is 14.0. The molecule has 2 N–H and O–H groups in total. The summed E-state index contributed by atoms with van der Waals surface area (Å²) in [5.41, 5.74) is 1.37. The molecule has 0 fully saturated rings. The Morgan fingerprint density at radius 2 is 1.91 bits per heavy atom. The van der Waals surface area contributed by atoms with Crippen LogP contribution in [0.3, 0.4) is 0 Å². The van der Waals surface area contributed by atoms with Crippen LogP contribution in [0.25, 0.3) is 0 Å². The van der Waals surface area contributed by atoms with Crippen LogP contribution in [0.15, 0.2) is 42.7 Å². The number of rotatable bonds is 3. The van der Waals surface area contributed by atoms with Gasteiger partial charge in [0, 0.05) is 24.6 Å². The Bertz CT molecular complexity index is 741. The van der Waals surface area contributed by atoms with E-state index in [9.17, 15) is 9.59 Å². The van der Waals surface area contributed by atoms with Gasteiger partial charge in [0.05, 0.1) is 10.6 Å². The summed E-state index contributed by atoms with van der Waals surface area (Å²) in [7, 11) is 0. The molecule has 2 amide bonds. The van der Waals surface area contributed by atoms with E-state index in [1.165, 1.54) is 18.2 Å². The minimum absolute atomic E-state index is 0.219. The average molecular weight is 315 g/mol. The molecule has 0 atom stereocenters. The van der Waals surface area contributed by atoms with Gasteiger partial charge in [0.15, 0.2) is 0 Å². The lowest BCUT2D eigenvalue weighted by atomic mass is 10.2. The van der Waals surface area contributed by atoms with Gasteiger partial charge < -0.3 is 10.6 Å². The summed E-state index contributed by atoms with van der Waals surface area (Å²) >= 11 is 5.79. The van der Waals surface area contributed by atoms with Crippen LogP contribution in [0, 0.1) is 11.3 Å². The molecule has 7 heteroatoms. The van der Waals surface area contributed by atoms with Crippen molar-refractivity contribution in [3.8, 4) is 6.07 Å². The van der Waals surface area contributed by atoms with Crippen LogP contribution < -0.4 is 10.6 Å². The van der Waals surface area contributed by atoms with Crippen LogP contribution >= 0.6 is 11.6 Å². The first kappa shape index (κ1) is 15.5. The van der Waals surface area contributed by atoms with Crippen molar-refractivity contribution >= 4 is 29.1 Å². The number of hydrogen-bond acceptors (Lipinski definition) is 4. The van der Waals surface area contributed by atoms with Gasteiger partial charge in [0.1, 0.15) is 6.07 Å². The fourth-order valence-corrected chi connectivity index (χ4v) is 1.80.